The number of rotatable bonds is 0. The molecule has 1 heterocycles. The van der Waals surface area contributed by atoms with Crippen molar-refractivity contribution in [1.29, 1.82) is 0 Å². The largest absolute Gasteiger partial charge is 0.393 e. The van der Waals surface area contributed by atoms with E-state index in [2.05, 4.69) is 18.7 Å². The molecule has 22 heavy (non-hydrogen) atoms. The van der Waals surface area contributed by atoms with E-state index in [1.54, 1.807) is 0 Å². The number of likely N-dealkylation sites (tertiary alicyclic amines) is 1. The summed E-state index contributed by atoms with van der Waals surface area (Å²) in [4.78, 5) is 14.2. The van der Waals surface area contributed by atoms with E-state index in [0.29, 0.717) is 28.7 Å². The summed E-state index contributed by atoms with van der Waals surface area (Å²) in [6.45, 7) is 4.89. The van der Waals surface area contributed by atoms with E-state index in [0.717, 1.165) is 37.5 Å². The van der Waals surface area contributed by atoms with Crippen LogP contribution in [0.25, 0.3) is 0 Å². The number of amides is 1. The summed E-state index contributed by atoms with van der Waals surface area (Å²) in [6, 6.07) is 0.450. The summed E-state index contributed by atoms with van der Waals surface area (Å²) in [5.41, 5.74) is 0.681. The number of carbonyl (C=O) groups is 1. The average Bonchev–Trinajstić information content (AvgIpc) is 2.78. The maximum Gasteiger partial charge on any atom is 0.222 e. The van der Waals surface area contributed by atoms with Crippen molar-refractivity contribution in [3.63, 3.8) is 0 Å². The van der Waals surface area contributed by atoms with E-state index < -0.39 is 0 Å². The van der Waals surface area contributed by atoms with E-state index in [9.17, 15) is 9.90 Å². The van der Waals surface area contributed by atoms with Gasteiger partial charge in [-0.2, -0.15) is 0 Å². The molecule has 3 heteroatoms. The number of hydrogen-bond donors (Lipinski definition) is 1. The Hall–Kier alpha value is -0.570. The molecule has 4 unspecified atom stereocenters. The molecule has 4 fully saturated rings. The second kappa shape index (κ2) is 4.72. The van der Waals surface area contributed by atoms with Crippen molar-refractivity contribution in [2.75, 3.05) is 7.05 Å². The molecule has 0 aromatic carbocycles. The summed E-state index contributed by atoms with van der Waals surface area (Å²) in [6.07, 6.45) is 8.78. The lowest BCUT2D eigenvalue weighted by molar-refractivity contribution is -0.156. The Morgan fingerprint density at radius 2 is 1.91 bits per heavy atom. The predicted molar refractivity (Wildman–Crippen MR) is 86.2 cm³/mol. The van der Waals surface area contributed by atoms with Crippen LogP contribution in [0.3, 0.4) is 0 Å². The fourth-order valence-corrected chi connectivity index (χ4v) is 7.17. The Kier molecular flexibility index (Phi) is 3.21. The molecule has 1 saturated heterocycles. The molecule has 4 aliphatic rings. The van der Waals surface area contributed by atoms with Crippen LogP contribution in [-0.2, 0) is 4.79 Å². The molecule has 0 radical (unpaired) electrons. The molecular formula is C19H31NO2. The fourth-order valence-electron chi connectivity index (χ4n) is 7.17. The van der Waals surface area contributed by atoms with E-state index >= 15 is 0 Å². The molecule has 0 bridgehead atoms. The van der Waals surface area contributed by atoms with Crippen molar-refractivity contribution in [1.82, 2.24) is 4.90 Å². The van der Waals surface area contributed by atoms with Crippen LogP contribution in [0.4, 0.5) is 0 Å². The van der Waals surface area contributed by atoms with Crippen LogP contribution in [0, 0.1) is 28.6 Å². The van der Waals surface area contributed by atoms with Gasteiger partial charge in [0.25, 0.3) is 0 Å². The molecule has 4 rings (SSSR count). The summed E-state index contributed by atoms with van der Waals surface area (Å²) in [5, 5.41) is 10.2. The average molecular weight is 305 g/mol. The van der Waals surface area contributed by atoms with Gasteiger partial charge in [-0.05, 0) is 73.5 Å². The summed E-state index contributed by atoms with van der Waals surface area (Å²) in [5.74, 6) is 2.59. The molecule has 1 amide bonds. The van der Waals surface area contributed by atoms with Gasteiger partial charge in [0.2, 0.25) is 5.91 Å². The Labute approximate surface area is 134 Å². The normalized spacial score (nSPS) is 54.6. The molecule has 1 aliphatic heterocycles. The van der Waals surface area contributed by atoms with Crippen LogP contribution in [-0.4, -0.2) is 35.1 Å². The number of piperidine rings is 1. The molecule has 0 spiro atoms. The molecule has 3 saturated carbocycles. The Balaban J connectivity index is 1.65. The van der Waals surface area contributed by atoms with Gasteiger partial charge in [-0.15, -0.1) is 0 Å². The second-order valence-electron chi connectivity index (χ2n) is 9.27. The summed E-state index contributed by atoms with van der Waals surface area (Å²) >= 11 is 0. The van der Waals surface area contributed by atoms with Crippen LogP contribution in [0.2, 0.25) is 0 Å². The number of fused-ring (bicyclic) bond motifs is 5. The third-order valence-electron chi connectivity index (χ3n) is 8.30. The zero-order valence-electron chi connectivity index (χ0n) is 14.3. The number of carbonyl (C=O) groups excluding carboxylic acids is 1. The summed E-state index contributed by atoms with van der Waals surface area (Å²) < 4.78 is 0. The Morgan fingerprint density at radius 1 is 1.14 bits per heavy atom. The van der Waals surface area contributed by atoms with Gasteiger partial charge < -0.3 is 10.0 Å². The molecule has 3 nitrogen and oxygen atoms in total. The van der Waals surface area contributed by atoms with Crippen molar-refractivity contribution >= 4 is 5.91 Å². The van der Waals surface area contributed by atoms with Gasteiger partial charge >= 0.3 is 0 Å². The smallest absolute Gasteiger partial charge is 0.222 e. The van der Waals surface area contributed by atoms with Gasteiger partial charge in [-0.1, -0.05) is 13.8 Å². The van der Waals surface area contributed by atoms with E-state index in [4.69, 9.17) is 0 Å². The van der Waals surface area contributed by atoms with E-state index in [-0.39, 0.29) is 6.10 Å². The zero-order chi connectivity index (χ0) is 15.7. The van der Waals surface area contributed by atoms with Crippen LogP contribution in [0.15, 0.2) is 0 Å². The van der Waals surface area contributed by atoms with Gasteiger partial charge in [0.05, 0.1) is 6.10 Å². The first-order valence-corrected chi connectivity index (χ1v) is 9.29. The lowest BCUT2D eigenvalue weighted by Crippen LogP contribution is -2.61. The van der Waals surface area contributed by atoms with Crippen molar-refractivity contribution < 1.29 is 9.90 Å². The van der Waals surface area contributed by atoms with E-state index in [1.807, 2.05) is 7.05 Å². The van der Waals surface area contributed by atoms with Crippen molar-refractivity contribution in [2.45, 2.75) is 77.4 Å². The highest BCUT2D eigenvalue weighted by Gasteiger charge is 2.60. The third-order valence-corrected chi connectivity index (χ3v) is 8.30. The lowest BCUT2D eigenvalue weighted by Gasteiger charge is -2.61. The zero-order valence-corrected chi connectivity index (χ0v) is 14.3. The Bertz CT molecular complexity index is 492. The molecule has 7 atom stereocenters. The van der Waals surface area contributed by atoms with Gasteiger partial charge in [0, 0.05) is 19.5 Å². The number of hydrogen-bond acceptors (Lipinski definition) is 2. The topological polar surface area (TPSA) is 40.5 Å². The number of nitrogens with zero attached hydrogens (tertiary/aromatic N) is 1. The second-order valence-corrected chi connectivity index (χ2v) is 9.27. The van der Waals surface area contributed by atoms with Crippen LogP contribution < -0.4 is 0 Å². The maximum absolute atomic E-state index is 12.1. The molecule has 124 valence electrons. The van der Waals surface area contributed by atoms with Crippen LogP contribution in [0.1, 0.15) is 65.2 Å². The van der Waals surface area contributed by atoms with Crippen LogP contribution >= 0.6 is 0 Å². The summed E-state index contributed by atoms with van der Waals surface area (Å²) in [7, 11) is 2.02. The van der Waals surface area contributed by atoms with E-state index in [1.165, 1.54) is 25.7 Å². The van der Waals surface area contributed by atoms with Crippen LogP contribution in [0.5, 0.6) is 0 Å². The van der Waals surface area contributed by atoms with Gasteiger partial charge in [-0.25, -0.2) is 0 Å². The van der Waals surface area contributed by atoms with Crippen molar-refractivity contribution in [3.8, 4) is 0 Å². The minimum absolute atomic E-state index is 0.0742. The number of aliphatic hydroxyl groups is 1. The third kappa shape index (κ3) is 1.87. The molecule has 0 aromatic rings. The quantitative estimate of drug-likeness (QED) is 0.746. The van der Waals surface area contributed by atoms with Crippen molar-refractivity contribution in [2.24, 2.45) is 28.6 Å². The highest BCUT2D eigenvalue weighted by molar-refractivity contribution is 5.77. The van der Waals surface area contributed by atoms with Gasteiger partial charge in [-0.3, -0.25) is 4.79 Å². The predicted octanol–water partition coefficient (Wildman–Crippen LogP) is 3.21. The van der Waals surface area contributed by atoms with Gasteiger partial charge in [0.1, 0.15) is 0 Å². The molecule has 3 aliphatic carbocycles. The highest BCUT2D eigenvalue weighted by atomic mass is 16.3. The first-order valence-electron chi connectivity index (χ1n) is 9.29. The lowest BCUT2D eigenvalue weighted by atomic mass is 9.47. The first-order chi connectivity index (χ1) is 10.3. The standard InChI is InChI=1S/C19H31NO2/c1-18-8-6-14-13(15(18)10-12(21)11-18)4-5-16-19(14,2)9-7-17(22)20(16)3/h12-16,21H,4-11H2,1-3H3/t12-,13?,14?,15?,16?,18+,19+/m0/s1. The van der Waals surface area contributed by atoms with Crippen molar-refractivity contribution in [3.05, 3.63) is 0 Å². The monoisotopic (exact) mass is 305 g/mol. The van der Waals surface area contributed by atoms with Gasteiger partial charge in [0.15, 0.2) is 0 Å². The SMILES string of the molecule is CN1C(=O)CC[C@]2(C)C3CC[C@]4(C)C[C@@H](O)CC4C3CCC12. The maximum atomic E-state index is 12.1. The molecule has 1 N–H and O–H groups in total. The number of aliphatic hydroxyl groups excluding tert-OH is 1. The molecule has 0 aromatic heterocycles. The highest BCUT2D eigenvalue weighted by Crippen LogP contribution is 2.64. The minimum Gasteiger partial charge on any atom is -0.393 e. The minimum atomic E-state index is -0.0742. The molecular weight excluding hydrogens is 274 g/mol. The Morgan fingerprint density at radius 3 is 2.68 bits per heavy atom. The first kappa shape index (κ1) is 15.0. The fraction of sp³-hybridized carbons (Fsp3) is 0.947.